The van der Waals surface area contributed by atoms with Gasteiger partial charge in [0, 0.05) is 25.7 Å². The van der Waals surface area contributed by atoms with Crippen LogP contribution in [0.4, 0.5) is 0 Å². The largest absolute Gasteiger partial charge is 0.472 e. The Labute approximate surface area is 696 Å². The number of unbranched alkanes of at least 4 members (excludes halogenated alkanes) is 63. The topological polar surface area (TPSA) is 237 Å². The first-order valence-electron chi connectivity index (χ1n) is 48.5. The number of carbonyl (C=O) groups is 4. The highest BCUT2D eigenvalue weighted by molar-refractivity contribution is 7.47. The minimum Gasteiger partial charge on any atom is -0.462 e. The third-order valence-electron chi connectivity index (χ3n) is 22.2. The van der Waals surface area contributed by atoms with E-state index < -0.39 is 97.5 Å². The fourth-order valence-corrected chi connectivity index (χ4v) is 16.4. The number of ether oxygens (including phenoxy) is 4. The number of aliphatic hydroxyl groups is 1. The van der Waals surface area contributed by atoms with Gasteiger partial charge in [0.15, 0.2) is 12.2 Å². The molecular formula is C94H184O17P2. The van der Waals surface area contributed by atoms with E-state index in [0.717, 1.165) is 102 Å². The van der Waals surface area contributed by atoms with E-state index in [1.165, 1.54) is 327 Å². The van der Waals surface area contributed by atoms with E-state index in [1.54, 1.807) is 0 Å². The van der Waals surface area contributed by atoms with Crippen molar-refractivity contribution in [1.82, 2.24) is 0 Å². The first kappa shape index (κ1) is 111. The maximum absolute atomic E-state index is 13.2. The van der Waals surface area contributed by atoms with Crippen molar-refractivity contribution in [3.8, 4) is 0 Å². The van der Waals surface area contributed by atoms with E-state index in [1.807, 2.05) is 0 Å². The van der Waals surface area contributed by atoms with Crippen molar-refractivity contribution in [3.05, 3.63) is 0 Å². The molecule has 0 aliphatic heterocycles. The average Bonchev–Trinajstić information content (AvgIpc) is 0.917. The van der Waals surface area contributed by atoms with Gasteiger partial charge in [-0.3, -0.25) is 37.3 Å². The molecule has 0 aliphatic carbocycles. The summed E-state index contributed by atoms with van der Waals surface area (Å²) >= 11 is 0. The Morgan fingerprint density at radius 3 is 0.602 bits per heavy atom. The molecule has 0 amide bonds. The summed E-state index contributed by atoms with van der Waals surface area (Å²) in [5, 5.41) is 10.7. The highest BCUT2D eigenvalue weighted by atomic mass is 31.2. The van der Waals surface area contributed by atoms with Gasteiger partial charge in [0.1, 0.15) is 19.3 Å². The third-order valence-corrected chi connectivity index (χ3v) is 24.1. The zero-order chi connectivity index (χ0) is 82.7. The molecule has 0 bridgehead atoms. The van der Waals surface area contributed by atoms with Crippen LogP contribution in [0.2, 0.25) is 0 Å². The Hall–Kier alpha value is -1.94. The highest BCUT2D eigenvalue weighted by Crippen LogP contribution is 2.45. The summed E-state index contributed by atoms with van der Waals surface area (Å²) in [6.07, 6.45) is 80.8. The fraction of sp³-hybridized carbons (Fsp3) is 0.957. The van der Waals surface area contributed by atoms with Gasteiger partial charge in [-0.25, -0.2) is 9.13 Å². The second-order valence-corrected chi connectivity index (χ2v) is 37.6. The SMILES string of the molecule is CCCCCCCCCCCCCCCCCCCCCCCC(=O)OC[C@H](COP(=O)(O)OC[C@@H](O)COP(=O)(O)OC[C@@H](COC(=O)CCCCCCCCCCCC(C)C)OC(=O)CCCCCCCCCCCCCCCCCCCCC)OC(=O)CCCCCCCCCCCCCCCCCCCCC(C)C. The van der Waals surface area contributed by atoms with Crippen LogP contribution in [0.5, 0.6) is 0 Å². The number of esters is 4. The molecule has 0 fully saturated rings. The van der Waals surface area contributed by atoms with E-state index in [4.69, 9.17) is 37.0 Å². The number of rotatable bonds is 93. The molecule has 3 N–H and O–H groups in total. The number of phosphoric acid groups is 2. The molecule has 17 nitrogen and oxygen atoms in total. The van der Waals surface area contributed by atoms with E-state index in [0.29, 0.717) is 25.7 Å². The molecule has 672 valence electrons. The van der Waals surface area contributed by atoms with Crippen LogP contribution >= 0.6 is 15.6 Å². The number of carbonyl (C=O) groups excluding carboxylic acids is 4. The zero-order valence-corrected chi connectivity index (χ0v) is 76.5. The maximum Gasteiger partial charge on any atom is 0.472 e. The van der Waals surface area contributed by atoms with Crippen LogP contribution in [0.25, 0.3) is 0 Å². The lowest BCUT2D eigenvalue weighted by atomic mass is 10.0. The molecule has 0 aromatic rings. The van der Waals surface area contributed by atoms with Crippen molar-refractivity contribution < 1.29 is 80.2 Å². The maximum atomic E-state index is 13.2. The van der Waals surface area contributed by atoms with Crippen molar-refractivity contribution in [2.75, 3.05) is 39.6 Å². The van der Waals surface area contributed by atoms with Gasteiger partial charge in [0.2, 0.25) is 0 Å². The molecule has 0 aliphatic rings. The standard InChI is InChI=1S/C94H184O17P2/c1-7-9-11-13-15-17-19-21-23-25-27-28-30-34-38-42-46-52-58-64-70-76-91(96)104-82-89(110-93(98)78-73-67-61-54-48-44-40-36-32-31-33-37-41-45-50-56-62-68-74-86(3)4)84-108-112(100,101)106-80-88(95)81-107-113(102,103)109-85-90(83-105-92(97)77-71-65-59-55-49-51-57-63-69-75-87(5)6)111-94(99)79-72-66-60-53-47-43-39-35-29-26-24-22-20-18-16-14-12-10-8-2/h86-90,95H,7-85H2,1-6H3,(H,100,101)(H,102,103)/t88-,89-,90-/m1/s1. The lowest BCUT2D eigenvalue weighted by Gasteiger charge is -2.21. The minimum atomic E-state index is -4.97. The van der Waals surface area contributed by atoms with Gasteiger partial charge in [-0.05, 0) is 37.5 Å². The van der Waals surface area contributed by atoms with E-state index in [9.17, 15) is 43.2 Å². The summed E-state index contributed by atoms with van der Waals surface area (Å²) < 4.78 is 69.2. The monoisotopic (exact) mass is 1650 g/mol. The zero-order valence-electron chi connectivity index (χ0n) is 74.7. The van der Waals surface area contributed by atoms with Crippen molar-refractivity contribution in [3.63, 3.8) is 0 Å². The van der Waals surface area contributed by atoms with Crippen molar-refractivity contribution >= 4 is 39.5 Å². The molecule has 0 saturated heterocycles. The molecule has 5 atom stereocenters. The molecule has 19 heteroatoms. The highest BCUT2D eigenvalue weighted by Gasteiger charge is 2.31. The van der Waals surface area contributed by atoms with Gasteiger partial charge >= 0.3 is 39.5 Å². The smallest absolute Gasteiger partial charge is 0.462 e. The Morgan fingerprint density at radius 2 is 0.407 bits per heavy atom. The van der Waals surface area contributed by atoms with E-state index in [2.05, 4.69) is 41.5 Å². The van der Waals surface area contributed by atoms with Crippen LogP contribution in [0.3, 0.4) is 0 Å². The van der Waals surface area contributed by atoms with E-state index in [-0.39, 0.29) is 25.7 Å². The second-order valence-electron chi connectivity index (χ2n) is 34.7. The molecule has 0 aromatic heterocycles. The number of aliphatic hydroxyl groups excluding tert-OH is 1. The van der Waals surface area contributed by atoms with Gasteiger partial charge in [-0.15, -0.1) is 0 Å². The molecule has 0 heterocycles. The van der Waals surface area contributed by atoms with Crippen LogP contribution in [0, 0.1) is 11.8 Å². The Morgan fingerprint density at radius 1 is 0.239 bits per heavy atom. The van der Waals surface area contributed by atoms with Crippen LogP contribution in [0.15, 0.2) is 0 Å². The minimum absolute atomic E-state index is 0.109. The predicted octanol–water partition coefficient (Wildman–Crippen LogP) is 29.4. The normalized spacial score (nSPS) is 13.7. The summed E-state index contributed by atoms with van der Waals surface area (Å²) in [5.74, 6) is -0.529. The van der Waals surface area contributed by atoms with Crippen molar-refractivity contribution in [2.24, 2.45) is 11.8 Å². The third kappa shape index (κ3) is 87.7. The van der Waals surface area contributed by atoms with Gasteiger partial charge in [0.05, 0.1) is 26.4 Å². The van der Waals surface area contributed by atoms with Crippen LogP contribution < -0.4 is 0 Å². The Balaban J connectivity index is 5.24. The van der Waals surface area contributed by atoms with Crippen LogP contribution in [0.1, 0.15) is 510 Å². The summed E-state index contributed by atoms with van der Waals surface area (Å²) in [6.45, 7) is 9.74. The molecule has 0 rings (SSSR count). The summed E-state index contributed by atoms with van der Waals surface area (Å²) in [5.41, 5.74) is 0. The second kappa shape index (κ2) is 85.1. The molecule has 0 aromatic carbocycles. The van der Waals surface area contributed by atoms with Gasteiger partial charge in [-0.2, -0.15) is 0 Å². The number of hydrogen-bond donors (Lipinski definition) is 3. The lowest BCUT2D eigenvalue weighted by molar-refractivity contribution is -0.161. The fourth-order valence-electron chi connectivity index (χ4n) is 14.8. The van der Waals surface area contributed by atoms with E-state index >= 15 is 0 Å². The summed E-state index contributed by atoms with van der Waals surface area (Å²) in [6, 6.07) is 0. The Bertz CT molecular complexity index is 2150. The summed E-state index contributed by atoms with van der Waals surface area (Å²) in [7, 11) is -9.94. The van der Waals surface area contributed by atoms with Crippen molar-refractivity contribution in [2.45, 2.75) is 529 Å². The lowest BCUT2D eigenvalue weighted by Crippen LogP contribution is -2.30. The molecule has 0 saturated carbocycles. The molecule has 0 radical (unpaired) electrons. The Kier molecular flexibility index (Phi) is 83.6. The quantitative estimate of drug-likeness (QED) is 0.0222. The van der Waals surface area contributed by atoms with Gasteiger partial charge < -0.3 is 33.8 Å². The molecule has 0 spiro atoms. The molecule has 113 heavy (non-hydrogen) atoms. The summed E-state index contributed by atoms with van der Waals surface area (Å²) in [4.78, 5) is 73.5. The van der Waals surface area contributed by atoms with Crippen LogP contribution in [-0.2, 0) is 65.4 Å². The van der Waals surface area contributed by atoms with Crippen molar-refractivity contribution in [1.29, 1.82) is 0 Å². The molecular weight excluding hydrogens is 1460 g/mol. The average molecular weight is 1650 g/mol. The predicted molar refractivity (Wildman–Crippen MR) is 469 cm³/mol. The number of hydrogen-bond acceptors (Lipinski definition) is 15. The first-order chi connectivity index (χ1) is 54.9. The number of phosphoric ester groups is 2. The van der Waals surface area contributed by atoms with Gasteiger partial charge in [0.25, 0.3) is 0 Å². The first-order valence-corrected chi connectivity index (χ1v) is 51.5. The van der Waals surface area contributed by atoms with Crippen LogP contribution in [-0.4, -0.2) is 96.7 Å². The molecule has 2 unspecified atom stereocenters. The van der Waals surface area contributed by atoms with Gasteiger partial charge in [-0.1, -0.05) is 459 Å².